The summed E-state index contributed by atoms with van der Waals surface area (Å²) in [5.74, 6) is 2.05. The first-order valence-electron chi connectivity index (χ1n) is 11.3. The van der Waals surface area contributed by atoms with Gasteiger partial charge >= 0.3 is 0 Å². The third-order valence-corrected chi connectivity index (χ3v) is 6.65. The highest BCUT2D eigenvalue weighted by atomic mass is 16.5. The van der Waals surface area contributed by atoms with Crippen molar-refractivity contribution in [2.24, 2.45) is 17.8 Å². The molecule has 1 aromatic rings. The molecule has 0 amide bonds. The fraction of sp³-hybridized carbons (Fsp3) is 0.750. The second-order valence-electron chi connectivity index (χ2n) is 9.41. The Kier molecular flexibility index (Phi) is 8.34. The molecule has 2 fully saturated rings. The number of hydrogen-bond donors (Lipinski definition) is 1. The molecule has 0 unspecified atom stereocenters. The van der Waals surface area contributed by atoms with Crippen LogP contribution in [0.25, 0.3) is 0 Å². The summed E-state index contributed by atoms with van der Waals surface area (Å²) in [6, 6.07) is 10.7. The Morgan fingerprint density at radius 1 is 1.04 bits per heavy atom. The van der Waals surface area contributed by atoms with Crippen LogP contribution >= 0.6 is 0 Å². The van der Waals surface area contributed by atoms with Gasteiger partial charge in [-0.15, -0.1) is 0 Å². The average molecular weight is 389 g/mol. The van der Waals surface area contributed by atoms with Crippen LogP contribution in [-0.4, -0.2) is 66.4 Å². The number of piperazine rings is 1. The minimum absolute atomic E-state index is 0.320. The molecule has 158 valence electrons. The summed E-state index contributed by atoms with van der Waals surface area (Å²) >= 11 is 0. The molecule has 4 atom stereocenters. The highest BCUT2D eigenvalue weighted by Crippen LogP contribution is 2.35. The van der Waals surface area contributed by atoms with Crippen LogP contribution in [0.15, 0.2) is 30.3 Å². The maximum Gasteiger partial charge on any atom is 0.0900 e. The largest absolute Gasteiger partial charge is 0.389 e. The van der Waals surface area contributed by atoms with E-state index < -0.39 is 0 Å². The van der Waals surface area contributed by atoms with E-state index in [2.05, 4.69) is 60.9 Å². The predicted molar refractivity (Wildman–Crippen MR) is 115 cm³/mol. The van der Waals surface area contributed by atoms with Gasteiger partial charge in [-0.1, -0.05) is 57.5 Å². The summed E-state index contributed by atoms with van der Waals surface area (Å²) in [5, 5.41) is 10.5. The van der Waals surface area contributed by atoms with Gasteiger partial charge in [-0.3, -0.25) is 9.80 Å². The van der Waals surface area contributed by atoms with E-state index >= 15 is 0 Å². The van der Waals surface area contributed by atoms with E-state index in [1.807, 2.05) is 0 Å². The van der Waals surface area contributed by atoms with Crippen molar-refractivity contribution in [3.05, 3.63) is 35.9 Å². The van der Waals surface area contributed by atoms with Crippen molar-refractivity contribution in [1.29, 1.82) is 0 Å². The zero-order chi connectivity index (χ0) is 19.9. The van der Waals surface area contributed by atoms with Crippen LogP contribution in [0.1, 0.15) is 45.6 Å². The molecule has 1 aliphatic heterocycles. The minimum Gasteiger partial charge on any atom is -0.389 e. The van der Waals surface area contributed by atoms with Crippen molar-refractivity contribution in [3.8, 4) is 0 Å². The lowest BCUT2D eigenvalue weighted by Crippen LogP contribution is -2.49. The Hall–Kier alpha value is -0.940. The lowest BCUT2D eigenvalue weighted by molar-refractivity contribution is -0.0755. The number of hydrogen-bond acceptors (Lipinski definition) is 4. The van der Waals surface area contributed by atoms with Crippen molar-refractivity contribution >= 4 is 0 Å². The molecule has 4 heteroatoms. The second-order valence-corrected chi connectivity index (χ2v) is 9.41. The molecule has 0 radical (unpaired) electrons. The maximum absolute atomic E-state index is 10.5. The SMILES string of the molecule is CC(C)[C@H]1CC[C@@H](C)C[C@@H]1OC[C@@H](O)CN1CCN(Cc2ccccc2)CC1. The van der Waals surface area contributed by atoms with Crippen LogP contribution in [0.4, 0.5) is 0 Å². The Balaban J connectivity index is 1.36. The number of nitrogens with zero attached hydrogens (tertiary/aromatic N) is 2. The first kappa shape index (κ1) is 21.8. The Bertz CT molecular complexity index is 557. The van der Waals surface area contributed by atoms with Crippen molar-refractivity contribution in [2.45, 2.75) is 58.8 Å². The van der Waals surface area contributed by atoms with Crippen LogP contribution in [-0.2, 0) is 11.3 Å². The van der Waals surface area contributed by atoms with Gasteiger partial charge in [0.1, 0.15) is 0 Å². The number of aliphatic hydroxyl groups is 1. The van der Waals surface area contributed by atoms with Crippen molar-refractivity contribution < 1.29 is 9.84 Å². The van der Waals surface area contributed by atoms with Gasteiger partial charge in [0.2, 0.25) is 0 Å². The maximum atomic E-state index is 10.5. The van der Waals surface area contributed by atoms with Gasteiger partial charge in [0.25, 0.3) is 0 Å². The van der Waals surface area contributed by atoms with Gasteiger partial charge in [-0.25, -0.2) is 0 Å². The van der Waals surface area contributed by atoms with E-state index in [1.165, 1.54) is 18.4 Å². The molecule has 4 nitrogen and oxygen atoms in total. The third kappa shape index (κ3) is 6.55. The van der Waals surface area contributed by atoms with Gasteiger partial charge < -0.3 is 9.84 Å². The number of aliphatic hydroxyl groups excluding tert-OH is 1. The fourth-order valence-electron chi connectivity index (χ4n) is 4.86. The van der Waals surface area contributed by atoms with Crippen LogP contribution < -0.4 is 0 Å². The van der Waals surface area contributed by atoms with E-state index in [0.717, 1.165) is 51.6 Å². The Morgan fingerprint density at radius 2 is 1.71 bits per heavy atom. The van der Waals surface area contributed by atoms with E-state index in [0.29, 0.717) is 24.5 Å². The summed E-state index contributed by atoms with van der Waals surface area (Å²) in [4.78, 5) is 4.89. The van der Waals surface area contributed by atoms with E-state index in [9.17, 15) is 5.11 Å². The smallest absolute Gasteiger partial charge is 0.0900 e. The molecule has 1 aromatic carbocycles. The Morgan fingerprint density at radius 3 is 2.39 bits per heavy atom. The quantitative estimate of drug-likeness (QED) is 0.738. The lowest BCUT2D eigenvalue weighted by Gasteiger charge is -2.38. The van der Waals surface area contributed by atoms with Crippen molar-refractivity contribution in [1.82, 2.24) is 9.80 Å². The molecule has 1 aliphatic carbocycles. The highest BCUT2D eigenvalue weighted by Gasteiger charge is 2.32. The Labute approximate surface area is 171 Å². The summed E-state index contributed by atoms with van der Waals surface area (Å²) < 4.78 is 6.24. The molecule has 1 saturated carbocycles. The molecular formula is C24H40N2O2. The predicted octanol–water partition coefficient (Wildman–Crippen LogP) is 3.64. The monoisotopic (exact) mass is 388 g/mol. The molecule has 0 spiro atoms. The van der Waals surface area contributed by atoms with Crippen LogP contribution in [0.3, 0.4) is 0 Å². The van der Waals surface area contributed by atoms with Crippen LogP contribution in [0.2, 0.25) is 0 Å². The fourth-order valence-corrected chi connectivity index (χ4v) is 4.86. The zero-order valence-electron chi connectivity index (χ0n) is 18.1. The first-order chi connectivity index (χ1) is 13.5. The zero-order valence-corrected chi connectivity index (χ0v) is 18.1. The van der Waals surface area contributed by atoms with Crippen molar-refractivity contribution in [2.75, 3.05) is 39.3 Å². The summed E-state index contributed by atoms with van der Waals surface area (Å²) in [6.07, 6.45) is 3.67. The molecule has 2 aliphatic rings. The highest BCUT2D eigenvalue weighted by molar-refractivity contribution is 5.14. The van der Waals surface area contributed by atoms with E-state index in [-0.39, 0.29) is 6.10 Å². The number of benzene rings is 1. The number of rotatable bonds is 8. The van der Waals surface area contributed by atoms with Gasteiger partial charge in [0.15, 0.2) is 0 Å². The van der Waals surface area contributed by atoms with E-state index in [4.69, 9.17) is 4.74 Å². The van der Waals surface area contributed by atoms with Gasteiger partial charge in [0.05, 0.1) is 18.8 Å². The molecule has 28 heavy (non-hydrogen) atoms. The normalized spacial score (nSPS) is 28.5. The average Bonchev–Trinajstić information content (AvgIpc) is 2.68. The lowest BCUT2D eigenvalue weighted by atomic mass is 9.75. The van der Waals surface area contributed by atoms with Gasteiger partial charge in [-0.2, -0.15) is 0 Å². The topological polar surface area (TPSA) is 35.9 Å². The standard InChI is InChI=1S/C24H40N2O2/c1-19(2)23-10-9-20(3)15-24(23)28-18-22(27)17-26-13-11-25(12-14-26)16-21-7-5-4-6-8-21/h4-8,19-20,22-24,27H,9-18H2,1-3H3/t20-,22+,23-,24+/m1/s1. The minimum atomic E-state index is -0.384. The second kappa shape index (κ2) is 10.7. The van der Waals surface area contributed by atoms with Gasteiger partial charge in [-0.05, 0) is 36.2 Å². The van der Waals surface area contributed by atoms with Crippen LogP contribution in [0, 0.1) is 17.8 Å². The summed E-state index contributed by atoms with van der Waals surface area (Å²) in [6.45, 7) is 13.4. The van der Waals surface area contributed by atoms with Gasteiger partial charge in [0, 0.05) is 39.3 Å². The molecular weight excluding hydrogens is 348 g/mol. The first-order valence-corrected chi connectivity index (χ1v) is 11.3. The molecule has 1 heterocycles. The number of β-amino-alcohol motifs (C(OH)–C–C–N with tert-alkyl or cyclic N) is 1. The molecule has 1 N–H and O–H groups in total. The molecule has 3 rings (SSSR count). The summed E-state index contributed by atoms with van der Waals surface area (Å²) in [5.41, 5.74) is 1.38. The molecule has 0 bridgehead atoms. The molecule has 1 saturated heterocycles. The molecule has 0 aromatic heterocycles. The van der Waals surface area contributed by atoms with Crippen LogP contribution in [0.5, 0.6) is 0 Å². The summed E-state index contributed by atoms with van der Waals surface area (Å²) in [7, 11) is 0. The third-order valence-electron chi connectivity index (χ3n) is 6.65. The van der Waals surface area contributed by atoms with Crippen molar-refractivity contribution in [3.63, 3.8) is 0 Å². The van der Waals surface area contributed by atoms with E-state index in [1.54, 1.807) is 0 Å². The number of ether oxygens (including phenoxy) is 1.